The summed E-state index contributed by atoms with van der Waals surface area (Å²) < 4.78 is 0. The molecule has 1 aliphatic heterocycles. The smallest absolute Gasteiger partial charge is 0.101 e. The maximum atomic E-state index is 4.40. The van der Waals surface area contributed by atoms with E-state index in [0.29, 0.717) is 6.04 Å². The van der Waals surface area contributed by atoms with Crippen LogP contribution in [0, 0.1) is 0 Å². The van der Waals surface area contributed by atoms with E-state index in [0.717, 1.165) is 18.1 Å². The largest absolute Gasteiger partial charge is 0.358 e. The first-order chi connectivity index (χ1) is 6.11. The first kappa shape index (κ1) is 10.3. The molecule has 2 heteroatoms. The Hall–Kier alpha value is -0.790. The first-order valence-electron chi connectivity index (χ1n) is 5.08. The molecule has 0 amide bonds. The molecule has 0 unspecified atom stereocenters. The molecule has 1 atom stereocenters. The third-order valence-corrected chi connectivity index (χ3v) is 2.57. The Labute approximate surface area is 81.3 Å². The van der Waals surface area contributed by atoms with Crippen molar-refractivity contribution in [3.63, 3.8) is 0 Å². The number of hydrogen-bond donors (Lipinski definition) is 0. The van der Waals surface area contributed by atoms with Crippen LogP contribution >= 0.6 is 0 Å². The Morgan fingerprint density at radius 3 is 2.62 bits per heavy atom. The van der Waals surface area contributed by atoms with Crippen molar-refractivity contribution in [2.24, 2.45) is 4.99 Å². The lowest BCUT2D eigenvalue weighted by molar-refractivity contribution is 0.257. The summed E-state index contributed by atoms with van der Waals surface area (Å²) in [6, 6.07) is 0.650. The van der Waals surface area contributed by atoms with Crippen LogP contribution in [0.15, 0.2) is 17.3 Å². The number of allylic oxidation sites excluding steroid dienone is 1. The molecule has 0 N–H and O–H groups in total. The Bertz CT molecular complexity index is 218. The van der Waals surface area contributed by atoms with Gasteiger partial charge in [-0.05, 0) is 40.0 Å². The van der Waals surface area contributed by atoms with Crippen LogP contribution in [0.2, 0.25) is 0 Å². The molecular formula is C11H20N2. The molecule has 1 saturated heterocycles. The van der Waals surface area contributed by atoms with E-state index in [9.17, 15) is 0 Å². The molecule has 13 heavy (non-hydrogen) atoms. The Morgan fingerprint density at radius 2 is 2.08 bits per heavy atom. The Balaban J connectivity index is 2.63. The number of amidine groups is 1. The van der Waals surface area contributed by atoms with Gasteiger partial charge in [-0.15, -0.1) is 0 Å². The molecule has 0 bridgehead atoms. The standard InChI is InChI=1S/C11H20N2/c1-9(2)12-11(4)13-8-6-5-7-10(13)3/h10H,1,5-8H2,2-4H3/t10-/m0/s1. The lowest BCUT2D eigenvalue weighted by atomic mass is 10.0. The minimum Gasteiger partial charge on any atom is -0.358 e. The van der Waals surface area contributed by atoms with Gasteiger partial charge in [0, 0.05) is 18.3 Å². The van der Waals surface area contributed by atoms with E-state index in [1.54, 1.807) is 0 Å². The van der Waals surface area contributed by atoms with E-state index in [4.69, 9.17) is 0 Å². The van der Waals surface area contributed by atoms with Crippen LogP contribution in [0.1, 0.15) is 40.0 Å². The Kier molecular flexibility index (Phi) is 3.52. The second kappa shape index (κ2) is 4.45. The van der Waals surface area contributed by atoms with Gasteiger partial charge in [0.25, 0.3) is 0 Å². The highest BCUT2D eigenvalue weighted by molar-refractivity contribution is 5.81. The van der Waals surface area contributed by atoms with E-state index in [1.165, 1.54) is 19.3 Å². The predicted molar refractivity (Wildman–Crippen MR) is 57.9 cm³/mol. The molecule has 0 saturated carbocycles. The average molecular weight is 180 g/mol. The summed E-state index contributed by atoms with van der Waals surface area (Å²) in [5, 5.41) is 0. The number of piperidine rings is 1. The zero-order chi connectivity index (χ0) is 9.84. The molecule has 0 aromatic carbocycles. The minimum absolute atomic E-state index is 0.650. The van der Waals surface area contributed by atoms with Crippen LogP contribution < -0.4 is 0 Å². The van der Waals surface area contributed by atoms with Crippen molar-refractivity contribution in [3.8, 4) is 0 Å². The molecule has 0 radical (unpaired) electrons. The first-order valence-corrected chi connectivity index (χ1v) is 5.08. The molecule has 1 heterocycles. The molecule has 1 aliphatic rings. The maximum absolute atomic E-state index is 4.40. The number of aliphatic imine (C=N–C) groups is 1. The second-order valence-electron chi connectivity index (χ2n) is 3.93. The van der Waals surface area contributed by atoms with Crippen molar-refractivity contribution in [1.29, 1.82) is 0 Å². The van der Waals surface area contributed by atoms with Crippen molar-refractivity contribution >= 4 is 5.84 Å². The van der Waals surface area contributed by atoms with Crippen molar-refractivity contribution in [3.05, 3.63) is 12.3 Å². The van der Waals surface area contributed by atoms with Crippen LogP contribution in [0.5, 0.6) is 0 Å². The molecule has 1 rings (SSSR count). The molecule has 74 valence electrons. The average Bonchev–Trinajstić information content (AvgIpc) is 2.03. The highest BCUT2D eigenvalue weighted by atomic mass is 15.2. The quantitative estimate of drug-likeness (QED) is 0.447. The fraction of sp³-hybridized carbons (Fsp3) is 0.727. The summed E-state index contributed by atoms with van der Waals surface area (Å²) in [5.74, 6) is 1.12. The van der Waals surface area contributed by atoms with Gasteiger partial charge in [0.05, 0.1) is 0 Å². The number of likely N-dealkylation sites (tertiary alicyclic amines) is 1. The summed E-state index contributed by atoms with van der Waals surface area (Å²) >= 11 is 0. The predicted octanol–water partition coefficient (Wildman–Crippen LogP) is 2.81. The molecule has 0 aliphatic carbocycles. The van der Waals surface area contributed by atoms with Crippen LogP contribution in [-0.4, -0.2) is 23.3 Å². The van der Waals surface area contributed by atoms with Gasteiger partial charge in [-0.2, -0.15) is 0 Å². The number of nitrogens with zero attached hydrogens (tertiary/aromatic N) is 2. The molecule has 0 spiro atoms. The van der Waals surface area contributed by atoms with Gasteiger partial charge in [0.1, 0.15) is 5.84 Å². The van der Waals surface area contributed by atoms with Gasteiger partial charge in [-0.25, -0.2) is 4.99 Å². The second-order valence-corrected chi connectivity index (χ2v) is 3.93. The lowest BCUT2D eigenvalue weighted by Crippen LogP contribution is -2.40. The fourth-order valence-corrected chi connectivity index (χ4v) is 1.92. The summed E-state index contributed by atoms with van der Waals surface area (Å²) in [6.07, 6.45) is 3.95. The van der Waals surface area contributed by atoms with Gasteiger partial charge in [0.15, 0.2) is 0 Å². The summed E-state index contributed by atoms with van der Waals surface area (Å²) in [6.45, 7) is 11.3. The lowest BCUT2D eigenvalue weighted by Gasteiger charge is -2.34. The van der Waals surface area contributed by atoms with Gasteiger partial charge < -0.3 is 4.90 Å². The number of rotatable bonds is 1. The third kappa shape index (κ3) is 2.87. The van der Waals surface area contributed by atoms with Crippen LogP contribution in [-0.2, 0) is 0 Å². The molecule has 0 aromatic heterocycles. The van der Waals surface area contributed by atoms with Gasteiger partial charge >= 0.3 is 0 Å². The fourth-order valence-electron chi connectivity index (χ4n) is 1.92. The zero-order valence-electron chi connectivity index (χ0n) is 9.01. The summed E-state index contributed by atoms with van der Waals surface area (Å²) in [5.41, 5.74) is 0.898. The highest BCUT2D eigenvalue weighted by Gasteiger charge is 2.18. The van der Waals surface area contributed by atoms with Gasteiger partial charge in [-0.3, -0.25) is 0 Å². The van der Waals surface area contributed by atoms with E-state index in [2.05, 4.69) is 30.3 Å². The number of hydrogen-bond acceptors (Lipinski definition) is 1. The highest BCUT2D eigenvalue weighted by Crippen LogP contribution is 2.17. The van der Waals surface area contributed by atoms with E-state index in [1.807, 2.05) is 6.92 Å². The van der Waals surface area contributed by atoms with E-state index in [-0.39, 0.29) is 0 Å². The third-order valence-electron chi connectivity index (χ3n) is 2.57. The van der Waals surface area contributed by atoms with Crippen molar-refractivity contribution < 1.29 is 0 Å². The molecule has 2 nitrogen and oxygen atoms in total. The maximum Gasteiger partial charge on any atom is 0.101 e. The summed E-state index contributed by atoms with van der Waals surface area (Å²) in [7, 11) is 0. The molecule has 1 fully saturated rings. The van der Waals surface area contributed by atoms with Crippen LogP contribution in [0.3, 0.4) is 0 Å². The van der Waals surface area contributed by atoms with Crippen molar-refractivity contribution in [1.82, 2.24) is 4.90 Å². The van der Waals surface area contributed by atoms with Crippen LogP contribution in [0.25, 0.3) is 0 Å². The van der Waals surface area contributed by atoms with Crippen molar-refractivity contribution in [2.45, 2.75) is 46.1 Å². The zero-order valence-corrected chi connectivity index (χ0v) is 9.01. The van der Waals surface area contributed by atoms with E-state index < -0.39 is 0 Å². The van der Waals surface area contributed by atoms with Gasteiger partial charge in [-0.1, -0.05) is 6.58 Å². The molecular weight excluding hydrogens is 160 g/mol. The monoisotopic (exact) mass is 180 g/mol. The Morgan fingerprint density at radius 1 is 1.38 bits per heavy atom. The summed E-state index contributed by atoms with van der Waals surface area (Å²) in [4.78, 5) is 6.79. The molecule has 0 aromatic rings. The SMILES string of the molecule is C=C(C)N=C(C)N1CCCC[C@@H]1C. The normalized spacial score (nSPS) is 24.7. The van der Waals surface area contributed by atoms with Crippen LogP contribution in [0.4, 0.5) is 0 Å². The topological polar surface area (TPSA) is 15.6 Å². The van der Waals surface area contributed by atoms with Gasteiger partial charge in [0.2, 0.25) is 0 Å². The van der Waals surface area contributed by atoms with Crippen molar-refractivity contribution in [2.75, 3.05) is 6.54 Å². The minimum atomic E-state index is 0.650. The van der Waals surface area contributed by atoms with E-state index >= 15 is 0 Å².